The van der Waals surface area contributed by atoms with E-state index in [1.807, 2.05) is 48.7 Å². The van der Waals surface area contributed by atoms with Crippen LogP contribution in [0.5, 0.6) is 0 Å². The normalized spacial score (nSPS) is 12.4. The quantitative estimate of drug-likeness (QED) is 0.450. The third-order valence-corrected chi connectivity index (χ3v) is 6.18. The van der Waals surface area contributed by atoms with Crippen LogP contribution in [0, 0.1) is 0 Å². The molecule has 0 radical (unpaired) electrons. The number of aryl methyl sites for hydroxylation is 1. The summed E-state index contributed by atoms with van der Waals surface area (Å²) < 4.78 is 2.13. The zero-order valence-corrected chi connectivity index (χ0v) is 17.4. The first-order chi connectivity index (χ1) is 15.2. The largest absolute Gasteiger partial charge is 0.325 e. The van der Waals surface area contributed by atoms with Crippen LogP contribution in [0.4, 0.5) is 5.69 Å². The highest BCUT2D eigenvalue weighted by Crippen LogP contribution is 2.32. The highest BCUT2D eigenvalue weighted by Gasteiger charge is 2.20. The number of ketones is 1. The summed E-state index contributed by atoms with van der Waals surface area (Å²) in [7, 11) is 0. The van der Waals surface area contributed by atoms with E-state index in [0.29, 0.717) is 22.4 Å². The van der Waals surface area contributed by atoms with Gasteiger partial charge in [-0.3, -0.25) is 9.59 Å². The number of nitrogens with one attached hydrogen (secondary N) is 1. The molecule has 31 heavy (non-hydrogen) atoms. The number of thioether (sulfide) groups is 1. The number of nitrogens with zero attached hydrogens (tertiary/aromatic N) is 2. The van der Waals surface area contributed by atoms with Crippen LogP contribution in [0.3, 0.4) is 0 Å². The van der Waals surface area contributed by atoms with Crippen molar-refractivity contribution in [2.24, 2.45) is 0 Å². The van der Waals surface area contributed by atoms with E-state index in [4.69, 9.17) is 4.98 Å². The molecule has 1 amide bonds. The first-order valence-corrected chi connectivity index (χ1v) is 11.0. The van der Waals surface area contributed by atoms with E-state index in [-0.39, 0.29) is 11.7 Å². The Kier molecular flexibility index (Phi) is 5.14. The van der Waals surface area contributed by atoms with Crippen molar-refractivity contribution in [1.82, 2.24) is 9.55 Å². The molecule has 0 saturated heterocycles. The number of rotatable bonds is 5. The minimum Gasteiger partial charge on any atom is -0.325 e. The van der Waals surface area contributed by atoms with Crippen LogP contribution in [0.15, 0.2) is 90.2 Å². The van der Waals surface area contributed by atoms with Gasteiger partial charge in [0.15, 0.2) is 10.9 Å². The Morgan fingerprint density at radius 3 is 2.39 bits per heavy atom. The summed E-state index contributed by atoms with van der Waals surface area (Å²) in [6, 6.07) is 23.5. The van der Waals surface area contributed by atoms with Gasteiger partial charge in [0, 0.05) is 35.2 Å². The third kappa shape index (κ3) is 3.78. The predicted molar refractivity (Wildman–Crippen MR) is 123 cm³/mol. The van der Waals surface area contributed by atoms with Gasteiger partial charge in [-0.15, -0.1) is 0 Å². The molecule has 1 aliphatic rings. The van der Waals surface area contributed by atoms with Crippen molar-refractivity contribution < 1.29 is 9.59 Å². The molecule has 5 nitrogen and oxygen atoms in total. The number of hydrogen-bond acceptors (Lipinski definition) is 4. The lowest BCUT2D eigenvalue weighted by Crippen LogP contribution is -2.17. The first-order valence-electron chi connectivity index (χ1n) is 10.0. The summed E-state index contributed by atoms with van der Waals surface area (Å²) in [5, 5.41) is 3.98. The molecular weight excluding hydrogens is 406 g/mol. The van der Waals surface area contributed by atoms with Crippen LogP contribution in [0.2, 0.25) is 0 Å². The van der Waals surface area contributed by atoms with Crippen molar-refractivity contribution in [3.05, 3.63) is 102 Å². The molecule has 4 aromatic rings. The highest BCUT2D eigenvalue weighted by atomic mass is 32.2. The molecule has 0 saturated carbocycles. The second-order valence-corrected chi connectivity index (χ2v) is 8.25. The fourth-order valence-corrected chi connectivity index (χ4v) is 4.61. The molecule has 1 aromatic heterocycles. The van der Waals surface area contributed by atoms with E-state index in [1.165, 1.54) is 0 Å². The Morgan fingerprint density at radius 2 is 1.58 bits per heavy atom. The molecule has 0 atom stereocenters. The van der Waals surface area contributed by atoms with Crippen molar-refractivity contribution in [2.45, 2.75) is 11.7 Å². The lowest BCUT2D eigenvalue weighted by atomic mass is 9.97. The van der Waals surface area contributed by atoms with Crippen LogP contribution in [-0.4, -0.2) is 27.0 Å². The molecule has 6 heteroatoms. The summed E-state index contributed by atoms with van der Waals surface area (Å²) >= 11 is 1.73. The molecule has 0 aliphatic carbocycles. The average Bonchev–Trinajstić information content (AvgIpc) is 3.42. The maximum absolute atomic E-state index is 13.2. The Labute approximate surface area is 184 Å². The zero-order chi connectivity index (χ0) is 21.2. The van der Waals surface area contributed by atoms with Gasteiger partial charge in [-0.05, 0) is 12.1 Å². The van der Waals surface area contributed by atoms with Crippen LogP contribution in [0.25, 0.3) is 11.3 Å². The predicted octanol–water partition coefficient (Wildman–Crippen LogP) is 5.14. The monoisotopic (exact) mass is 425 g/mol. The number of carbonyl (C=O) groups is 2. The lowest BCUT2D eigenvalue weighted by Gasteiger charge is -2.12. The van der Waals surface area contributed by atoms with Crippen molar-refractivity contribution in [3.63, 3.8) is 0 Å². The van der Waals surface area contributed by atoms with Crippen molar-refractivity contribution in [3.8, 4) is 11.3 Å². The topological polar surface area (TPSA) is 64.0 Å². The van der Waals surface area contributed by atoms with E-state index >= 15 is 0 Å². The molecule has 1 N–H and O–H groups in total. The number of anilines is 1. The molecule has 2 heterocycles. The summed E-state index contributed by atoms with van der Waals surface area (Å²) in [6.07, 6.45) is 2.02. The molecule has 3 aromatic carbocycles. The Morgan fingerprint density at radius 1 is 0.871 bits per heavy atom. The lowest BCUT2D eigenvalue weighted by molar-refractivity contribution is 0.0996. The number of amides is 1. The molecule has 152 valence electrons. The Hall–Kier alpha value is -3.64. The van der Waals surface area contributed by atoms with E-state index in [9.17, 15) is 9.59 Å². The number of benzene rings is 3. The molecule has 0 unspecified atom stereocenters. The number of hydrogen-bond donors (Lipinski definition) is 1. The first kappa shape index (κ1) is 19.3. The highest BCUT2D eigenvalue weighted by molar-refractivity contribution is 7.99. The summed E-state index contributed by atoms with van der Waals surface area (Å²) in [4.78, 5) is 30.9. The van der Waals surface area contributed by atoms with Gasteiger partial charge >= 0.3 is 0 Å². The van der Waals surface area contributed by atoms with Gasteiger partial charge in [0.1, 0.15) is 0 Å². The summed E-state index contributed by atoms with van der Waals surface area (Å²) in [6.45, 7) is 0.941. The van der Waals surface area contributed by atoms with Crippen LogP contribution < -0.4 is 5.32 Å². The standard InChI is InChI=1S/C25H19N3O2S/c29-23(17-8-2-1-3-9-17)18-10-4-5-11-19(18)24(30)26-21-13-7-6-12-20(21)22-16-28-14-15-31-25(28)27-22/h1-13,16H,14-15H2,(H,26,30). The maximum Gasteiger partial charge on any atom is 0.256 e. The van der Waals surface area contributed by atoms with Crippen molar-refractivity contribution in [1.29, 1.82) is 0 Å². The smallest absolute Gasteiger partial charge is 0.256 e. The van der Waals surface area contributed by atoms with E-state index in [0.717, 1.165) is 28.7 Å². The van der Waals surface area contributed by atoms with Crippen LogP contribution in [-0.2, 0) is 6.54 Å². The van der Waals surface area contributed by atoms with Crippen molar-refractivity contribution in [2.75, 3.05) is 11.1 Å². The number of carbonyl (C=O) groups excluding carboxylic acids is 2. The zero-order valence-electron chi connectivity index (χ0n) is 16.6. The van der Waals surface area contributed by atoms with Crippen LogP contribution >= 0.6 is 11.8 Å². The van der Waals surface area contributed by atoms with Crippen molar-refractivity contribution >= 4 is 29.1 Å². The van der Waals surface area contributed by atoms with Gasteiger partial charge in [-0.25, -0.2) is 4.98 Å². The number of imidazole rings is 1. The van der Waals surface area contributed by atoms with Gasteiger partial charge in [0.2, 0.25) is 0 Å². The van der Waals surface area contributed by atoms with E-state index in [2.05, 4.69) is 9.88 Å². The second kappa shape index (κ2) is 8.24. The number of para-hydroxylation sites is 1. The molecule has 0 bridgehead atoms. The molecule has 0 spiro atoms. The Bertz CT molecular complexity index is 1260. The molecule has 0 fully saturated rings. The second-order valence-electron chi connectivity index (χ2n) is 7.19. The van der Waals surface area contributed by atoms with Gasteiger partial charge in [-0.2, -0.15) is 0 Å². The molecule has 5 rings (SSSR count). The summed E-state index contributed by atoms with van der Waals surface area (Å²) in [5.41, 5.74) is 3.61. The van der Waals surface area contributed by atoms with Gasteiger partial charge in [0.05, 0.1) is 16.9 Å². The Balaban J connectivity index is 1.46. The minimum atomic E-state index is -0.326. The maximum atomic E-state index is 13.2. The molecular formula is C25H19N3O2S. The van der Waals surface area contributed by atoms with Gasteiger partial charge in [0.25, 0.3) is 5.91 Å². The fraction of sp³-hybridized carbons (Fsp3) is 0.0800. The third-order valence-electron chi connectivity index (χ3n) is 5.21. The minimum absolute atomic E-state index is 0.179. The SMILES string of the molecule is O=C(Nc1ccccc1-c1cn2c(n1)SCC2)c1ccccc1C(=O)c1ccccc1. The summed E-state index contributed by atoms with van der Waals surface area (Å²) in [5.74, 6) is 0.531. The van der Waals surface area contributed by atoms with E-state index < -0.39 is 0 Å². The number of aromatic nitrogens is 2. The molecule has 1 aliphatic heterocycles. The number of fused-ring (bicyclic) bond motifs is 1. The average molecular weight is 426 g/mol. The van der Waals surface area contributed by atoms with E-state index in [1.54, 1.807) is 48.2 Å². The van der Waals surface area contributed by atoms with Gasteiger partial charge in [-0.1, -0.05) is 78.5 Å². The van der Waals surface area contributed by atoms with Crippen LogP contribution in [0.1, 0.15) is 26.3 Å². The van der Waals surface area contributed by atoms with Gasteiger partial charge < -0.3 is 9.88 Å². The fourth-order valence-electron chi connectivity index (χ4n) is 3.67.